The lowest BCUT2D eigenvalue weighted by molar-refractivity contribution is 0.126. The number of aromatic hydroxyl groups is 1. The van der Waals surface area contributed by atoms with Crippen LogP contribution in [0.5, 0.6) is 17.2 Å². The lowest BCUT2D eigenvalue weighted by Gasteiger charge is -2.36. The number of phenolic OH excluding ortho intramolecular Hbond substituents is 1. The highest BCUT2D eigenvalue weighted by molar-refractivity contribution is 5.51. The summed E-state index contributed by atoms with van der Waals surface area (Å²) in [5.41, 5.74) is 0.902. The smallest absolute Gasteiger partial charge is 0.231 e. The highest BCUT2D eigenvalue weighted by atomic mass is 16.7. The summed E-state index contributed by atoms with van der Waals surface area (Å²) in [6.45, 7) is 6.66. The van der Waals surface area contributed by atoms with Gasteiger partial charge in [0.1, 0.15) is 5.75 Å². The van der Waals surface area contributed by atoms with Crippen LogP contribution < -0.4 is 9.47 Å². The van der Waals surface area contributed by atoms with Crippen molar-refractivity contribution in [3.05, 3.63) is 17.7 Å². The van der Waals surface area contributed by atoms with E-state index in [9.17, 15) is 5.11 Å². The Bertz CT molecular complexity index is 499. The van der Waals surface area contributed by atoms with Crippen LogP contribution in [0.2, 0.25) is 0 Å². The van der Waals surface area contributed by atoms with Crippen LogP contribution in [0.15, 0.2) is 12.1 Å². The van der Waals surface area contributed by atoms with Crippen LogP contribution in [0.4, 0.5) is 0 Å². The molecule has 21 heavy (non-hydrogen) atoms. The fourth-order valence-electron chi connectivity index (χ4n) is 3.17. The molecule has 0 saturated carbocycles. The summed E-state index contributed by atoms with van der Waals surface area (Å²) in [4.78, 5) is 4.83. The maximum Gasteiger partial charge on any atom is 0.231 e. The Balaban J connectivity index is 1.64. The van der Waals surface area contributed by atoms with Crippen molar-refractivity contribution >= 4 is 0 Å². The van der Waals surface area contributed by atoms with Crippen molar-refractivity contribution in [1.29, 1.82) is 0 Å². The number of hydrogen-bond acceptors (Lipinski definition) is 5. The normalized spacial score (nSPS) is 19.4. The topological polar surface area (TPSA) is 45.2 Å². The molecule has 2 aliphatic rings. The number of fused-ring (bicyclic) bond motifs is 1. The number of likely N-dealkylation sites (tertiary alicyclic amines) is 1. The first-order valence-electron chi connectivity index (χ1n) is 7.71. The van der Waals surface area contributed by atoms with E-state index >= 15 is 0 Å². The molecule has 0 aromatic heterocycles. The molecule has 5 nitrogen and oxygen atoms in total. The number of phenols is 1. The molecule has 0 aliphatic carbocycles. The first kappa shape index (κ1) is 14.5. The van der Waals surface area contributed by atoms with Gasteiger partial charge >= 0.3 is 0 Å². The fourth-order valence-corrected chi connectivity index (χ4v) is 3.17. The van der Waals surface area contributed by atoms with E-state index in [1.165, 1.54) is 25.9 Å². The summed E-state index contributed by atoms with van der Waals surface area (Å²) in [6, 6.07) is 4.14. The standard InChI is InChI=1S/C16H24N2O3/c1-3-18-6-4-13(5-7-18)17(2)10-12-8-15-16(9-14(12)19)21-11-20-15/h8-9,13,19H,3-7,10-11H2,1-2H3. The van der Waals surface area contributed by atoms with Gasteiger partial charge in [0, 0.05) is 24.2 Å². The van der Waals surface area contributed by atoms with Gasteiger partial charge in [-0.2, -0.15) is 0 Å². The minimum Gasteiger partial charge on any atom is -0.507 e. The van der Waals surface area contributed by atoms with Gasteiger partial charge in [-0.05, 0) is 45.6 Å². The van der Waals surface area contributed by atoms with Gasteiger partial charge in [-0.3, -0.25) is 4.90 Å². The molecule has 1 aromatic rings. The predicted octanol–water partition coefficient (Wildman–Crippen LogP) is 2.04. The first-order chi connectivity index (χ1) is 10.2. The van der Waals surface area contributed by atoms with Crippen LogP contribution in [0, 0.1) is 0 Å². The molecule has 1 N–H and O–H groups in total. The maximum atomic E-state index is 10.1. The van der Waals surface area contributed by atoms with Gasteiger partial charge in [-0.25, -0.2) is 0 Å². The lowest BCUT2D eigenvalue weighted by atomic mass is 10.0. The average molecular weight is 292 g/mol. The maximum absolute atomic E-state index is 10.1. The summed E-state index contributed by atoms with van der Waals surface area (Å²) >= 11 is 0. The quantitative estimate of drug-likeness (QED) is 0.920. The molecule has 0 bridgehead atoms. The van der Waals surface area contributed by atoms with Crippen LogP contribution in [0.3, 0.4) is 0 Å². The zero-order valence-electron chi connectivity index (χ0n) is 12.8. The summed E-state index contributed by atoms with van der Waals surface area (Å²) in [7, 11) is 2.14. The monoisotopic (exact) mass is 292 g/mol. The van der Waals surface area contributed by atoms with Gasteiger partial charge in [0.05, 0.1) is 0 Å². The Labute approximate surface area is 126 Å². The summed E-state index contributed by atoms with van der Waals surface area (Å²) in [6.07, 6.45) is 2.38. The summed E-state index contributed by atoms with van der Waals surface area (Å²) in [5.74, 6) is 1.66. The molecule has 0 radical (unpaired) electrons. The summed E-state index contributed by atoms with van der Waals surface area (Å²) in [5, 5.41) is 10.1. The minimum absolute atomic E-state index is 0.240. The van der Waals surface area contributed by atoms with E-state index in [4.69, 9.17) is 9.47 Å². The molecule has 1 saturated heterocycles. The fraction of sp³-hybridized carbons (Fsp3) is 0.625. The second kappa shape index (κ2) is 6.12. The van der Waals surface area contributed by atoms with Gasteiger partial charge in [-0.1, -0.05) is 6.92 Å². The number of piperidine rings is 1. The van der Waals surface area contributed by atoms with Gasteiger partial charge in [0.2, 0.25) is 6.79 Å². The second-order valence-electron chi connectivity index (χ2n) is 5.91. The molecule has 0 atom stereocenters. The minimum atomic E-state index is 0.240. The molecule has 0 unspecified atom stereocenters. The Morgan fingerprint density at radius 3 is 2.57 bits per heavy atom. The Morgan fingerprint density at radius 1 is 1.24 bits per heavy atom. The highest BCUT2D eigenvalue weighted by Crippen LogP contribution is 2.38. The average Bonchev–Trinajstić information content (AvgIpc) is 2.94. The van der Waals surface area contributed by atoms with Crippen LogP contribution in [-0.2, 0) is 6.54 Å². The summed E-state index contributed by atoms with van der Waals surface area (Å²) < 4.78 is 10.7. The van der Waals surface area contributed by atoms with E-state index < -0.39 is 0 Å². The van der Waals surface area contributed by atoms with Crippen molar-refractivity contribution < 1.29 is 14.6 Å². The van der Waals surface area contributed by atoms with Crippen LogP contribution in [0.25, 0.3) is 0 Å². The van der Waals surface area contributed by atoms with Crippen LogP contribution >= 0.6 is 0 Å². The molecular formula is C16H24N2O3. The first-order valence-corrected chi connectivity index (χ1v) is 7.71. The van der Waals surface area contributed by atoms with E-state index in [-0.39, 0.29) is 12.5 Å². The van der Waals surface area contributed by atoms with Gasteiger partial charge in [-0.15, -0.1) is 0 Å². The van der Waals surface area contributed by atoms with Crippen LogP contribution in [0.1, 0.15) is 25.3 Å². The van der Waals surface area contributed by atoms with Crippen molar-refractivity contribution in [2.75, 3.05) is 33.5 Å². The SMILES string of the molecule is CCN1CCC(N(C)Cc2cc3c(cc2O)OCO3)CC1. The van der Waals surface area contributed by atoms with Crippen molar-refractivity contribution in [1.82, 2.24) is 9.80 Å². The Kier molecular flexibility index (Phi) is 4.22. The second-order valence-corrected chi connectivity index (χ2v) is 5.91. The largest absolute Gasteiger partial charge is 0.507 e. The number of nitrogens with zero attached hydrogens (tertiary/aromatic N) is 2. The van der Waals surface area contributed by atoms with E-state index in [1.807, 2.05) is 6.07 Å². The van der Waals surface area contributed by atoms with Crippen LogP contribution in [-0.4, -0.2) is 54.4 Å². The van der Waals surface area contributed by atoms with Crippen molar-refractivity contribution in [2.24, 2.45) is 0 Å². The zero-order valence-corrected chi connectivity index (χ0v) is 12.8. The van der Waals surface area contributed by atoms with E-state index in [2.05, 4.69) is 23.8 Å². The Morgan fingerprint density at radius 2 is 1.90 bits per heavy atom. The van der Waals surface area contributed by atoms with Gasteiger partial charge in [0.15, 0.2) is 11.5 Å². The Hall–Kier alpha value is -1.46. The van der Waals surface area contributed by atoms with Crippen molar-refractivity contribution in [2.45, 2.75) is 32.4 Å². The molecule has 3 rings (SSSR count). The number of hydrogen-bond donors (Lipinski definition) is 1. The van der Waals surface area contributed by atoms with Crippen molar-refractivity contribution in [3.8, 4) is 17.2 Å². The molecule has 1 aromatic carbocycles. The third-order valence-corrected chi connectivity index (χ3v) is 4.62. The molecular weight excluding hydrogens is 268 g/mol. The number of benzene rings is 1. The number of rotatable bonds is 4. The molecule has 1 fully saturated rings. The van der Waals surface area contributed by atoms with E-state index in [0.717, 1.165) is 24.4 Å². The molecule has 2 heterocycles. The predicted molar refractivity (Wildman–Crippen MR) is 80.8 cm³/mol. The van der Waals surface area contributed by atoms with Crippen molar-refractivity contribution in [3.63, 3.8) is 0 Å². The molecule has 0 spiro atoms. The van der Waals surface area contributed by atoms with Gasteiger partial charge in [0.25, 0.3) is 0 Å². The molecule has 2 aliphatic heterocycles. The lowest BCUT2D eigenvalue weighted by Crippen LogP contribution is -2.42. The molecule has 116 valence electrons. The number of ether oxygens (including phenoxy) is 2. The molecule has 0 amide bonds. The van der Waals surface area contributed by atoms with E-state index in [0.29, 0.717) is 11.8 Å². The van der Waals surface area contributed by atoms with Gasteiger partial charge < -0.3 is 19.5 Å². The molecule has 5 heteroatoms. The zero-order chi connectivity index (χ0) is 14.8. The van der Waals surface area contributed by atoms with E-state index in [1.54, 1.807) is 6.07 Å². The third-order valence-electron chi connectivity index (χ3n) is 4.62. The highest BCUT2D eigenvalue weighted by Gasteiger charge is 2.23. The third kappa shape index (κ3) is 3.09.